The molecule has 16 nitrogen and oxygen atoms in total. The summed E-state index contributed by atoms with van der Waals surface area (Å²) in [5.74, 6) is 4.77. The van der Waals surface area contributed by atoms with Gasteiger partial charge in [0.25, 0.3) is 0 Å². The maximum absolute atomic E-state index is 11.2. The van der Waals surface area contributed by atoms with Crippen molar-refractivity contribution in [3.63, 3.8) is 0 Å². The van der Waals surface area contributed by atoms with E-state index in [9.17, 15) is 33.6 Å². The first kappa shape index (κ1) is 78.3. The summed E-state index contributed by atoms with van der Waals surface area (Å²) in [6, 6.07) is 13.7. The van der Waals surface area contributed by atoms with Crippen LogP contribution in [0.15, 0.2) is 81.7 Å². The molecule has 3 aliphatic rings. The fraction of sp³-hybridized carbons (Fsp3) is 0.642. The Morgan fingerprint density at radius 3 is 1.16 bits per heavy atom. The number of hydrogen-bond donors (Lipinski definition) is 7. The van der Waals surface area contributed by atoms with Crippen LogP contribution in [0, 0.1) is 17.8 Å². The van der Waals surface area contributed by atoms with Crippen molar-refractivity contribution < 1.29 is 38.0 Å². The van der Waals surface area contributed by atoms with Crippen LogP contribution in [-0.4, -0.2) is 137 Å². The molecule has 0 amide bonds. The summed E-state index contributed by atoms with van der Waals surface area (Å²) < 4.78 is 5.12. The van der Waals surface area contributed by atoms with E-state index in [1.54, 1.807) is 104 Å². The van der Waals surface area contributed by atoms with Crippen LogP contribution in [0.1, 0.15) is 167 Å². The van der Waals surface area contributed by atoms with E-state index in [-0.39, 0.29) is 82.8 Å². The number of carbonyl (C=O) groups is 7. The molecule has 0 radical (unpaired) electrons. The average Bonchev–Trinajstić information content (AvgIpc) is 4.40. The summed E-state index contributed by atoms with van der Waals surface area (Å²) >= 11 is 3.36. The summed E-state index contributed by atoms with van der Waals surface area (Å²) in [5.41, 5.74) is 2.31. The lowest BCUT2D eigenvalue weighted by Crippen LogP contribution is -2.35. The number of ketones is 7. The summed E-state index contributed by atoms with van der Waals surface area (Å²) in [5, 5.41) is 27.3. The van der Waals surface area contributed by atoms with Crippen LogP contribution >= 0.6 is 22.7 Å². The van der Waals surface area contributed by atoms with Gasteiger partial charge < -0.3 is 41.6 Å². The van der Waals surface area contributed by atoms with Crippen LogP contribution in [0.2, 0.25) is 0 Å². The number of pyridine rings is 1. The van der Waals surface area contributed by atoms with Crippen molar-refractivity contribution in [2.24, 2.45) is 17.8 Å². The number of hydrogen-bond acceptors (Lipinski definition) is 18. The minimum Gasteiger partial charge on any atom is -0.469 e. The number of thiophene rings is 2. The van der Waals surface area contributed by atoms with E-state index in [4.69, 9.17) is 4.42 Å². The van der Waals surface area contributed by atoms with Crippen LogP contribution < -0.4 is 37.2 Å². The predicted molar refractivity (Wildman–Crippen MR) is 351 cm³/mol. The number of nitrogens with zero attached hydrogens (tertiary/aromatic N) is 1. The zero-order chi connectivity index (χ0) is 63.5. The van der Waals surface area contributed by atoms with Gasteiger partial charge in [-0.3, -0.25) is 38.5 Å². The first-order chi connectivity index (χ1) is 40.7. The van der Waals surface area contributed by atoms with Gasteiger partial charge in [0.2, 0.25) is 0 Å². The molecule has 0 aliphatic heterocycles. The Balaban J connectivity index is 0.000000496. The van der Waals surface area contributed by atoms with Gasteiger partial charge in [0.1, 0.15) is 46.2 Å². The lowest BCUT2D eigenvalue weighted by Gasteiger charge is -2.28. The van der Waals surface area contributed by atoms with Crippen molar-refractivity contribution in [2.75, 3.05) is 49.3 Å². The van der Waals surface area contributed by atoms with Gasteiger partial charge in [-0.15, -0.1) is 11.3 Å². The molecule has 18 heteroatoms. The fourth-order valence-corrected chi connectivity index (χ4v) is 11.7. The lowest BCUT2D eigenvalue weighted by molar-refractivity contribution is -0.120. The van der Waals surface area contributed by atoms with Crippen molar-refractivity contribution in [3.8, 4) is 0 Å². The van der Waals surface area contributed by atoms with Crippen LogP contribution in [0.25, 0.3) is 0 Å². The van der Waals surface area contributed by atoms with E-state index in [1.807, 2.05) is 76.3 Å². The number of aromatic nitrogens is 1. The Morgan fingerprint density at radius 2 is 0.847 bits per heavy atom. The first-order valence-electron chi connectivity index (χ1n) is 30.8. The highest BCUT2D eigenvalue weighted by molar-refractivity contribution is 7.09. The molecule has 0 saturated heterocycles. The molecule has 4 heterocycles. The quantitative estimate of drug-likeness (QED) is 0.0281. The first-order valence-corrected chi connectivity index (χ1v) is 32.7. The van der Waals surface area contributed by atoms with E-state index in [1.165, 1.54) is 87.5 Å². The molecule has 4 aromatic rings. The Kier molecular flexibility index (Phi) is 43.6. The topological polar surface area (TPSA) is 230 Å². The highest BCUT2D eigenvalue weighted by Crippen LogP contribution is 2.31. The second-order valence-corrected chi connectivity index (χ2v) is 24.6. The molecule has 3 fully saturated rings. The number of Topliss-reactive ketones (excluding diaryl/α,β-unsaturated/α-hetero) is 7. The molecule has 7 atom stereocenters. The van der Waals surface area contributed by atoms with Crippen molar-refractivity contribution in [1.29, 1.82) is 0 Å². The van der Waals surface area contributed by atoms with Crippen molar-refractivity contribution in [3.05, 3.63) is 99.0 Å². The number of nitrogens with one attached hydrogen (secondary N) is 7. The summed E-state index contributed by atoms with van der Waals surface area (Å²) in [4.78, 5) is 82.7. The SMILES string of the molecule is CN[C@H](CC1CCC1)C(C)=O.CN[C@H](CC1CCCC1)C(C)=O.CN[C@H](CC1CCCCC1)C(C)=O.CN[C@H](Cc1cccnc1)C(C)=O.CN[C@H](Cc1ccco1)C(C)=O.CN[C@H](Cc1cccs1)C(C)=O.CN[C@H](Cc1ccsc1)C(C)=O. The Morgan fingerprint density at radius 1 is 0.447 bits per heavy atom. The van der Waals surface area contributed by atoms with Gasteiger partial charge in [-0.25, -0.2) is 0 Å². The smallest absolute Gasteiger partial charge is 0.147 e. The summed E-state index contributed by atoms with van der Waals surface area (Å²) in [7, 11) is 12.8. The van der Waals surface area contributed by atoms with E-state index >= 15 is 0 Å². The molecule has 3 saturated carbocycles. The highest BCUT2D eigenvalue weighted by atomic mass is 32.1. The molecule has 478 valence electrons. The molecule has 0 aromatic carbocycles. The third-order valence-corrected chi connectivity index (χ3v) is 17.8. The second kappa shape index (κ2) is 47.3. The lowest BCUT2D eigenvalue weighted by atomic mass is 9.80. The second-order valence-electron chi connectivity index (χ2n) is 22.8. The van der Waals surface area contributed by atoms with Crippen LogP contribution in [0.3, 0.4) is 0 Å². The van der Waals surface area contributed by atoms with Crippen molar-refractivity contribution in [1.82, 2.24) is 42.2 Å². The third kappa shape index (κ3) is 35.6. The minimum absolute atomic E-state index is 0.0244. The molecule has 0 bridgehead atoms. The number of carbonyl (C=O) groups excluding carboxylic acids is 7. The normalized spacial score (nSPS) is 16.3. The summed E-state index contributed by atoms with van der Waals surface area (Å²) in [6.45, 7) is 11.4. The van der Waals surface area contributed by atoms with Gasteiger partial charge >= 0.3 is 0 Å². The number of likely N-dealkylation sites (N-methyl/N-ethyl adjacent to an activating group) is 7. The molecule has 4 aromatic heterocycles. The zero-order valence-corrected chi connectivity index (χ0v) is 55.9. The van der Waals surface area contributed by atoms with Gasteiger partial charge in [-0.2, -0.15) is 11.3 Å². The van der Waals surface area contributed by atoms with Gasteiger partial charge in [-0.1, -0.05) is 89.2 Å². The van der Waals surface area contributed by atoms with Gasteiger partial charge in [0, 0.05) is 30.1 Å². The Bertz CT molecular complexity index is 2240. The molecule has 85 heavy (non-hydrogen) atoms. The Labute approximate surface area is 519 Å². The van der Waals surface area contributed by atoms with Crippen LogP contribution in [0.4, 0.5) is 0 Å². The molecular weight excluding hydrogens is 1110 g/mol. The number of rotatable bonds is 28. The van der Waals surface area contributed by atoms with E-state index < -0.39 is 0 Å². The van der Waals surface area contributed by atoms with Crippen LogP contribution in [0.5, 0.6) is 0 Å². The molecular formula is C67H110N8O8S2. The van der Waals surface area contributed by atoms with E-state index in [0.29, 0.717) is 12.8 Å². The molecule has 0 unspecified atom stereocenters. The van der Waals surface area contributed by atoms with Gasteiger partial charge in [-0.05, 0) is 205 Å². The molecule has 7 N–H and O–H groups in total. The monoisotopic (exact) mass is 1220 g/mol. The largest absolute Gasteiger partial charge is 0.469 e. The molecule has 3 aliphatic carbocycles. The zero-order valence-electron chi connectivity index (χ0n) is 54.2. The van der Waals surface area contributed by atoms with Crippen LogP contribution in [-0.2, 0) is 59.2 Å². The maximum Gasteiger partial charge on any atom is 0.147 e. The Hall–Kier alpha value is -4.76. The van der Waals surface area contributed by atoms with Crippen molar-refractivity contribution >= 4 is 63.2 Å². The minimum atomic E-state index is -0.129. The average molecular weight is 1220 g/mol. The number of furan rings is 1. The highest BCUT2D eigenvalue weighted by Gasteiger charge is 2.24. The van der Waals surface area contributed by atoms with Gasteiger partial charge in [0.05, 0.1) is 48.6 Å². The molecule has 7 rings (SSSR count). The predicted octanol–water partition coefficient (Wildman–Crippen LogP) is 9.97. The van der Waals surface area contributed by atoms with Crippen molar-refractivity contribution in [2.45, 2.75) is 213 Å². The van der Waals surface area contributed by atoms with Gasteiger partial charge in [0.15, 0.2) is 0 Å². The van der Waals surface area contributed by atoms with E-state index in [0.717, 1.165) is 61.2 Å². The standard InChI is InChI=1S/C11H21NO.C10H14N2O.C10H19NO.C9H13NO2.2C9H13NOS.C9H17NO/c1-9(13)11(12-2)8-10-6-4-3-5-7-10;1-8(13)10(11-2)6-9-4-3-5-12-7-9;1-8(12)10(11-2)7-9-5-3-4-6-9;1-7(11)9(10-2)6-8-4-3-5-12-8;1-7(11)9(10-2)5-8-3-4-12-6-8;1-7(11)9(10-2)6-8-4-3-5-12-8;1-7(11)9(10-2)6-8-4-3-5-8/h10-12H,3-8H2,1-2H3;3-5,7,10-11H,6H2,1-2H3;9-11H,3-7H2,1-2H3;3-5,9-10H,6H2,1-2H3;3-4,6,9-10H,5H2,1-2H3;3-5,9-10H,6H2,1-2H3;8-10H,3-6H2,1-2H3/t11-;2*10-;4*9-/m1111111/s1. The summed E-state index contributed by atoms with van der Waals surface area (Å²) in [6.07, 6.45) is 27.3. The maximum atomic E-state index is 11.2. The fourth-order valence-electron chi connectivity index (χ4n) is 10.3. The molecule has 0 spiro atoms. The van der Waals surface area contributed by atoms with E-state index in [2.05, 4.69) is 59.7 Å². The third-order valence-electron chi connectivity index (χ3n) is 16.2.